The smallest absolute Gasteiger partial charge is 0.416 e. The topological polar surface area (TPSA) is 41.2 Å². The molecule has 0 atom stereocenters. The van der Waals surface area contributed by atoms with Crippen LogP contribution in [0.25, 0.3) is 0 Å². The van der Waals surface area contributed by atoms with Crippen molar-refractivity contribution in [1.29, 1.82) is 0 Å². The molecule has 392 valence electrons. The maximum absolute atomic E-state index is 14.2. The molecule has 0 aliphatic carbocycles. The zero-order valence-electron chi connectivity index (χ0n) is 35.3. The summed E-state index contributed by atoms with van der Waals surface area (Å²) in [6.07, 6.45) is -53.1. The standard InChI is InChI=1S/C32H12BF24.C13H11NO2/c34-25(35,36)13-1-14(26(37,38)39)6-21(5-13)33(22-7-15(27(40,41)42)2-16(8-22)28(43,44)45,23-9-17(29(46,47)48)3-18(10-23)30(49,50)51)24-11-19(31(52,53)54)4-20(12-24)32(55,56)57;15-12(11-6-2-1-3-7-11)10-14-9-5-4-8-13(14)16/h1-12H;1-9H,10H2/q-1;/p+1. The van der Waals surface area contributed by atoms with E-state index >= 15 is 0 Å². The Hall–Kier alpha value is -6.90. The highest BCUT2D eigenvalue weighted by atomic mass is 19.4. The first-order valence-electron chi connectivity index (χ1n) is 19.6. The van der Waals surface area contributed by atoms with Gasteiger partial charge in [0, 0.05) is 11.6 Å². The van der Waals surface area contributed by atoms with Crippen LogP contribution in [-0.4, -0.2) is 17.0 Å². The summed E-state index contributed by atoms with van der Waals surface area (Å²) in [7, 11) is 0. The van der Waals surface area contributed by atoms with Crippen LogP contribution in [0.1, 0.15) is 54.9 Å². The van der Waals surface area contributed by atoms with Gasteiger partial charge in [0.2, 0.25) is 12.3 Å². The van der Waals surface area contributed by atoms with Crippen molar-refractivity contribution >= 4 is 33.8 Å². The molecule has 5 aromatic carbocycles. The Balaban J connectivity index is 0.000000520. The lowest BCUT2D eigenvalue weighted by Gasteiger charge is -2.46. The molecule has 1 heterocycles. The number of Topliss-reactive ketones (excluding diaryl/α,β-unsaturated/α-hetero) is 1. The lowest BCUT2D eigenvalue weighted by molar-refractivity contribution is -0.689. The lowest BCUT2D eigenvalue weighted by atomic mass is 9.12. The number of benzene rings is 5. The highest BCUT2D eigenvalue weighted by Gasteiger charge is 2.47. The van der Waals surface area contributed by atoms with Crippen molar-refractivity contribution in [3.05, 3.63) is 178 Å². The van der Waals surface area contributed by atoms with Gasteiger partial charge in [-0.1, -0.05) is 78.9 Å². The van der Waals surface area contributed by atoms with Gasteiger partial charge in [0.25, 0.3) is 0 Å². The van der Waals surface area contributed by atoms with Crippen molar-refractivity contribution in [2.24, 2.45) is 0 Å². The summed E-state index contributed by atoms with van der Waals surface area (Å²) in [5.74, 6) is 0.0684. The van der Waals surface area contributed by atoms with Crippen LogP contribution in [0.15, 0.2) is 128 Å². The van der Waals surface area contributed by atoms with Gasteiger partial charge in [-0.2, -0.15) is 132 Å². The Morgan fingerprint density at radius 2 is 0.589 bits per heavy atom. The summed E-state index contributed by atoms with van der Waals surface area (Å²) in [6, 6.07) is 5.28. The van der Waals surface area contributed by atoms with E-state index in [1.165, 1.54) is 4.57 Å². The Morgan fingerprint density at radius 1 is 0.356 bits per heavy atom. The van der Waals surface area contributed by atoms with Gasteiger partial charge in [0.15, 0.2) is 6.20 Å². The van der Waals surface area contributed by atoms with Crippen LogP contribution < -0.4 is 26.4 Å². The van der Waals surface area contributed by atoms with E-state index in [1.54, 1.807) is 36.5 Å². The van der Waals surface area contributed by atoms with E-state index in [1.807, 2.05) is 18.2 Å². The Morgan fingerprint density at radius 3 is 0.808 bits per heavy atom. The van der Waals surface area contributed by atoms with Gasteiger partial charge < -0.3 is 5.11 Å². The van der Waals surface area contributed by atoms with E-state index in [-0.39, 0.29) is 18.2 Å². The van der Waals surface area contributed by atoms with Gasteiger partial charge in [0.1, 0.15) is 6.15 Å². The Labute approximate surface area is 392 Å². The van der Waals surface area contributed by atoms with E-state index in [2.05, 4.69) is 0 Å². The molecule has 1 N–H and O–H groups in total. The molecule has 0 aliphatic rings. The molecule has 6 rings (SSSR count). The first-order valence-corrected chi connectivity index (χ1v) is 19.6. The summed E-state index contributed by atoms with van der Waals surface area (Å²) in [6.45, 7) is 0.149. The second-order valence-electron chi connectivity index (χ2n) is 15.7. The number of carbonyl (C=O) groups is 1. The van der Waals surface area contributed by atoms with Gasteiger partial charge in [-0.3, -0.25) is 4.79 Å². The molecule has 0 fully saturated rings. The second-order valence-corrected chi connectivity index (χ2v) is 15.7. The molecular weight excluding hydrogens is 1050 g/mol. The number of aromatic nitrogens is 1. The SMILES string of the molecule is FC(F)(F)c1cc([B-](c2cc(C(F)(F)F)cc(C(F)(F)F)c2)(c2cc(C(F)(F)F)cc(C(F)(F)F)c2)c2cc(C(F)(F)F)cc(C(F)(F)F)c2)cc(C(F)(F)F)c1.O=C(C[n+]1ccccc1O)c1ccccc1. The molecule has 28 heteroatoms. The van der Waals surface area contributed by atoms with Crippen LogP contribution in [0, 0.1) is 0 Å². The summed E-state index contributed by atoms with van der Waals surface area (Å²) in [5, 5.41) is 9.52. The quantitative estimate of drug-likeness (QED) is 0.0749. The number of aromatic hydroxyl groups is 1. The average molecular weight is 1080 g/mol. The van der Waals surface area contributed by atoms with Crippen LogP contribution >= 0.6 is 0 Å². The fourth-order valence-corrected chi connectivity index (χ4v) is 7.54. The first-order chi connectivity index (χ1) is 33.0. The molecule has 3 nitrogen and oxygen atoms in total. The van der Waals surface area contributed by atoms with Crippen molar-refractivity contribution in [2.75, 3.05) is 0 Å². The molecule has 6 aromatic rings. The number of ketones is 1. The zero-order chi connectivity index (χ0) is 55.3. The van der Waals surface area contributed by atoms with Crippen LogP contribution in [0.4, 0.5) is 105 Å². The number of rotatable bonds is 7. The first kappa shape index (κ1) is 57.0. The van der Waals surface area contributed by atoms with Crippen molar-refractivity contribution in [1.82, 2.24) is 0 Å². The molecule has 0 bridgehead atoms. The highest BCUT2D eigenvalue weighted by molar-refractivity contribution is 7.20. The molecule has 0 aliphatic heterocycles. The molecule has 0 unspecified atom stereocenters. The van der Waals surface area contributed by atoms with Crippen molar-refractivity contribution in [3.8, 4) is 5.88 Å². The van der Waals surface area contributed by atoms with Crippen LogP contribution in [0.3, 0.4) is 0 Å². The van der Waals surface area contributed by atoms with Crippen molar-refractivity contribution < 1.29 is 120 Å². The number of alkyl halides is 24. The third-order valence-electron chi connectivity index (χ3n) is 10.8. The van der Waals surface area contributed by atoms with E-state index in [9.17, 15) is 115 Å². The number of hydrogen-bond donors (Lipinski definition) is 1. The highest BCUT2D eigenvalue weighted by Crippen LogP contribution is 2.41. The summed E-state index contributed by atoms with van der Waals surface area (Å²) in [4.78, 5) is 11.8. The summed E-state index contributed by atoms with van der Waals surface area (Å²) in [5.41, 5.74) is -29.6. The van der Waals surface area contributed by atoms with E-state index in [0.717, 1.165) is 0 Å². The van der Waals surface area contributed by atoms with E-state index in [4.69, 9.17) is 0 Å². The third kappa shape index (κ3) is 13.2. The zero-order valence-corrected chi connectivity index (χ0v) is 35.3. The second kappa shape index (κ2) is 19.5. The molecule has 0 saturated carbocycles. The Kier molecular flexibility index (Phi) is 15.2. The predicted octanol–water partition coefficient (Wildman–Crippen LogP) is 12.8. The fraction of sp³-hybridized carbons (Fsp3) is 0.200. The minimum atomic E-state index is -6.13. The van der Waals surface area contributed by atoms with E-state index < -0.39 is 195 Å². The van der Waals surface area contributed by atoms with Gasteiger partial charge in [-0.15, -0.1) is 0 Å². The molecule has 0 spiro atoms. The number of carbonyl (C=O) groups excluding carboxylic acids is 1. The van der Waals surface area contributed by atoms with Crippen LogP contribution in [0.5, 0.6) is 5.88 Å². The average Bonchev–Trinajstić information content (AvgIpc) is 3.25. The third-order valence-corrected chi connectivity index (χ3v) is 10.8. The molecule has 0 radical (unpaired) electrons. The van der Waals surface area contributed by atoms with Crippen molar-refractivity contribution in [3.63, 3.8) is 0 Å². The number of pyridine rings is 1. The lowest BCUT2D eigenvalue weighted by Crippen LogP contribution is -2.75. The fourth-order valence-electron chi connectivity index (χ4n) is 7.54. The van der Waals surface area contributed by atoms with Crippen molar-refractivity contribution in [2.45, 2.75) is 56.0 Å². The number of nitrogens with zero attached hydrogens (tertiary/aromatic N) is 1. The van der Waals surface area contributed by atoms with E-state index in [0.29, 0.717) is 5.56 Å². The molecular formula is C45H24BF24NO2. The molecule has 73 heavy (non-hydrogen) atoms. The molecule has 1 aromatic heterocycles. The largest absolute Gasteiger partial charge is 0.460 e. The summed E-state index contributed by atoms with van der Waals surface area (Å²) < 4.78 is 342. The van der Waals surface area contributed by atoms with Gasteiger partial charge in [-0.25, -0.2) is 0 Å². The maximum atomic E-state index is 14.2. The predicted molar refractivity (Wildman–Crippen MR) is 209 cm³/mol. The van der Waals surface area contributed by atoms with Gasteiger partial charge in [-0.05, 0) is 30.3 Å². The minimum absolute atomic E-state index is 0.0212. The molecule has 0 amide bonds. The van der Waals surface area contributed by atoms with Crippen LogP contribution in [-0.2, 0) is 56.0 Å². The van der Waals surface area contributed by atoms with Crippen LogP contribution in [0.2, 0.25) is 0 Å². The van der Waals surface area contributed by atoms with Gasteiger partial charge in [0.05, 0.1) is 50.6 Å². The normalized spacial score (nSPS) is 13.4. The number of hydrogen-bond acceptors (Lipinski definition) is 2. The monoisotopic (exact) mass is 1080 g/mol. The summed E-state index contributed by atoms with van der Waals surface area (Å²) >= 11 is 0. The minimum Gasteiger partial charge on any atom is -0.460 e. The Bertz CT molecular complexity index is 2520. The van der Waals surface area contributed by atoms with Gasteiger partial charge >= 0.3 is 55.3 Å². The number of halogens is 24. The molecule has 0 saturated heterocycles. The maximum Gasteiger partial charge on any atom is 0.416 e.